The first-order valence-corrected chi connectivity index (χ1v) is 11.2. The van der Waals surface area contributed by atoms with Gasteiger partial charge in [0.05, 0.1) is 6.20 Å². The normalized spacial score (nSPS) is 18.8. The molecule has 3 heterocycles. The number of carbonyl (C=O) groups excluding carboxylic acids is 1. The molecule has 1 aromatic carbocycles. The first kappa shape index (κ1) is 19.8. The summed E-state index contributed by atoms with van der Waals surface area (Å²) in [4.78, 5) is 15.1. The molecule has 0 bridgehead atoms. The van der Waals surface area contributed by atoms with Gasteiger partial charge in [-0.25, -0.2) is 0 Å². The summed E-state index contributed by atoms with van der Waals surface area (Å²) in [6, 6.07) is 11.8. The molecule has 8 heteroatoms. The summed E-state index contributed by atoms with van der Waals surface area (Å²) in [6.45, 7) is 1.91. The molecule has 31 heavy (non-hydrogen) atoms. The average molecular weight is 421 g/mol. The molecule has 0 radical (unpaired) electrons. The number of H-pyrrole nitrogens is 1. The zero-order chi connectivity index (χ0) is 21.0. The van der Waals surface area contributed by atoms with Crippen LogP contribution in [0.1, 0.15) is 66.3 Å². The summed E-state index contributed by atoms with van der Waals surface area (Å²) >= 11 is 0. The monoisotopic (exact) mass is 420 g/mol. The van der Waals surface area contributed by atoms with Crippen molar-refractivity contribution in [1.82, 2.24) is 30.1 Å². The van der Waals surface area contributed by atoms with E-state index in [0.29, 0.717) is 18.2 Å². The number of para-hydroxylation sites is 1. The average Bonchev–Trinajstić information content (AvgIpc) is 3.36. The Hall–Kier alpha value is -3.16. The van der Waals surface area contributed by atoms with Crippen molar-refractivity contribution in [3.05, 3.63) is 59.7 Å². The molecule has 1 saturated carbocycles. The Morgan fingerprint density at radius 2 is 2.03 bits per heavy atom. The van der Waals surface area contributed by atoms with Gasteiger partial charge in [0.15, 0.2) is 0 Å². The zero-order valence-electron chi connectivity index (χ0n) is 17.6. The number of likely N-dealkylation sites (tertiary alicyclic amines) is 1. The van der Waals surface area contributed by atoms with Crippen LogP contribution in [0.3, 0.4) is 0 Å². The van der Waals surface area contributed by atoms with E-state index in [9.17, 15) is 4.79 Å². The smallest absolute Gasteiger partial charge is 0.274 e. The SMILES string of the molecule is O=C(c1cc(C2CC2)[nH]n1)N1CCCCC1CCn1cc(COc2ccccc2)nn1. The van der Waals surface area contributed by atoms with Crippen molar-refractivity contribution in [3.8, 4) is 5.75 Å². The second-order valence-electron chi connectivity index (χ2n) is 8.49. The molecule has 1 aliphatic carbocycles. The Morgan fingerprint density at radius 3 is 2.87 bits per heavy atom. The molecule has 2 aliphatic rings. The number of benzene rings is 1. The Balaban J connectivity index is 1.16. The molecular formula is C23H28N6O2. The standard InChI is InChI=1S/C23H28N6O2/c30-23(22-14-21(25-26-22)17-9-10-17)29-12-5-4-6-19(29)11-13-28-15-18(24-27-28)16-31-20-7-2-1-3-8-20/h1-3,7-8,14-15,17,19H,4-6,9-13,16H2,(H,25,26). The van der Waals surface area contributed by atoms with E-state index in [-0.39, 0.29) is 11.9 Å². The van der Waals surface area contributed by atoms with Crippen LogP contribution in [-0.2, 0) is 13.2 Å². The van der Waals surface area contributed by atoms with E-state index >= 15 is 0 Å². The van der Waals surface area contributed by atoms with Crippen LogP contribution in [0.5, 0.6) is 5.75 Å². The highest BCUT2D eigenvalue weighted by atomic mass is 16.5. The number of aromatic nitrogens is 5. The van der Waals surface area contributed by atoms with Crippen LogP contribution in [0.2, 0.25) is 0 Å². The molecule has 5 rings (SSSR count). The van der Waals surface area contributed by atoms with Crippen molar-refractivity contribution >= 4 is 5.91 Å². The van der Waals surface area contributed by atoms with Gasteiger partial charge < -0.3 is 9.64 Å². The second-order valence-corrected chi connectivity index (χ2v) is 8.49. The van der Waals surface area contributed by atoms with Crippen LogP contribution < -0.4 is 4.74 Å². The van der Waals surface area contributed by atoms with Crippen molar-refractivity contribution in [2.24, 2.45) is 0 Å². The van der Waals surface area contributed by atoms with Crippen LogP contribution in [0, 0.1) is 0 Å². The maximum absolute atomic E-state index is 13.1. The lowest BCUT2D eigenvalue weighted by Gasteiger charge is -2.35. The molecule has 3 aromatic rings. The van der Waals surface area contributed by atoms with E-state index in [1.54, 1.807) is 0 Å². The fourth-order valence-corrected chi connectivity index (χ4v) is 4.23. The lowest BCUT2D eigenvalue weighted by atomic mass is 9.98. The van der Waals surface area contributed by atoms with Crippen molar-refractivity contribution in [3.63, 3.8) is 0 Å². The molecule has 1 N–H and O–H groups in total. The summed E-state index contributed by atoms with van der Waals surface area (Å²) in [5, 5.41) is 15.8. The fourth-order valence-electron chi connectivity index (χ4n) is 4.23. The number of aromatic amines is 1. The van der Waals surface area contributed by atoms with Gasteiger partial charge in [-0.15, -0.1) is 5.10 Å². The first-order valence-electron chi connectivity index (χ1n) is 11.2. The summed E-state index contributed by atoms with van der Waals surface area (Å²) in [5.41, 5.74) is 2.45. The van der Waals surface area contributed by atoms with Gasteiger partial charge in [0.25, 0.3) is 5.91 Å². The van der Waals surface area contributed by atoms with Crippen molar-refractivity contribution in [1.29, 1.82) is 0 Å². The minimum Gasteiger partial charge on any atom is -0.487 e. The number of ether oxygens (including phenoxy) is 1. The van der Waals surface area contributed by atoms with E-state index in [4.69, 9.17) is 4.74 Å². The molecule has 1 aliphatic heterocycles. The summed E-state index contributed by atoms with van der Waals surface area (Å²) in [6.07, 6.45) is 8.38. The Bertz CT molecular complexity index is 1010. The molecule has 1 unspecified atom stereocenters. The van der Waals surface area contributed by atoms with Crippen LogP contribution in [0.25, 0.3) is 0 Å². The highest BCUT2D eigenvalue weighted by molar-refractivity contribution is 5.92. The van der Waals surface area contributed by atoms with Gasteiger partial charge >= 0.3 is 0 Å². The quantitative estimate of drug-likeness (QED) is 0.602. The molecule has 2 fully saturated rings. The fraction of sp³-hybridized carbons (Fsp3) is 0.478. The van der Waals surface area contributed by atoms with Gasteiger partial charge in [-0.1, -0.05) is 23.4 Å². The minimum atomic E-state index is 0.0448. The topological polar surface area (TPSA) is 88.9 Å². The summed E-state index contributed by atoms with van der Waals surface area (Å²) in [7, 11) is 0. The van der Waals surface area contributed by atoms with E-state index in [1.165, 1.54) is 12.8 Å². The number of carbonyl (C=O) groups is 1. The van der Waals surface area contributed by atoms with Gasteiger partial charge in [0, 0.05) is 30.7 Å². The minimum absolute atomic E-state index is 0.0448. The van der Waals surface area contributed by atoms with Gasteiger partial charge in [-0.2, -0.15) is 5.10 Å². The van der Waals surface area contributed by atoms with Gasteiger partial charge in [-0.3, -0.25) is 14.6 Å². The van der Waals surface area contributed by atoms with Crippen molar-refractivity contribution in [2.45, 2.75) is 63.6 Å². The first-order chi connectivity index (χ1) is 15.3. The predicted octanol–water partition coefficient (Wildman–Crippen LogP) is 3.54. The zero-order valence-corrected chi connectivity index (χ0v) is 17.6. The number of rotatable bonds is 8. The Kier molecular flexibility index (Phi) is 5.69. The van der Waals surface area contributed by atoms with Crippen molar-refractivity contribution in [2.75, 3.05) is 6.54 Å². The lowest BCUT2D eigenvalue weighted by Crippen LogP contribution is -2.44. The van der Waals surface area contributed by atoms with E-state index in [1.807, 2.05) is 52.2 Å². The van der Waals surface area contributed by atoms with Crippen molar-refractivity contribution < 1.29 is 9.53 Å². The summed E-state index contributed by atoms with van der Waals surface area (Å²) in [5.74, 6) is 1.43. The van der Waals surface area contributed by atoms with E-state index < -0.39 is 0 Å². The molecule has 0 spiro atoms. The molecule has 162 valence electrons. The molecular weight excluding hydrogens is 392 g/mol. The number of piperidine rings is 1. The van der Waals surface area contributed by atoms with Crippen LogP contribution >= 0.6 is 0 Å². The largest absolute Gasteiger partial charge is 0.487 e. The Labute approximate surface area is 181 Å². The number of nitrogens with one attached hydrogen (secondary N) is 1. The lowest BCUT2D eigenvalue weighted by molar-refractivity contribution is 0.0587. The molecule has 2 aromatic heterocycles. The van der Waals surface area contributed by atoms with Crippen LogP contribution in [0.15, 0.2) is 42.6 Å². The molecule has 1 atom stereocenters. The van der Waals surface area contributed by atoms with E-state index in [2.05, 4.69) is 20.5 Å². The Morgan fingerprint density at radius 1 is 1.16 bits per heavy atom. The predicted molar refractivity (Wildman–Crippen MR) is 115 cm³/mol. The van der Waals surface area contributed by atoms with Crippen LogP contribution in [0.4, 0.5) is 0 Å². The summed E-state index contributed by atoms with van der Waals surface area (Å²) < 4.78 is 7.59. The number of hydrogen-bond acceptors (Lipinski definition) is 5. The molecule has 8 nitrogen and oxygen atoms in total. The number of amides is 1. The third-order valence-corrected chi connectivity index (χ3v) is 6.13. The highest BCUT2D eigenvalue weighted by Gasteiger charge is 2.31. The molecule has 1 amide bonds. The third kappa shape index (κ3) is 4.78. The second kappa shape index (κ2) is 8.91. The van der Waals surface area contributed by atoms with Crippen LogP contribution in [-0.4, -0.2) is 48.6 Å². The van der Waals surface area contributed by atoms with Gasteiger partial charge in [0.2, 0.25) is 0 Å². The number of nitrogens with zero attached hydrogens (tertiary/aromatic N) is 5. The maximum atomic E-state index is 13.1. The van der Waals surface area contributed by atoms with Gasteiger partial charge in [-0.05, 0) is 56.7 Å². The molecule has 1 saturated heterocycles. The van der Waals surface area contributed by atoms with E-state index in [0.717, 1.165) is 55.9 Å². The third-order valence-electron chi connectivity index (χ3n) is 6.13. The maximum Gasteiger partial charge on any atom is 0.274 e. The number of aryl methyl sites for hydroxylation is 1. The number of hydrogen-bond donors (Lipinski definition) is 1. The van der Waals surface area contributed by atoms with Gasteiger partial charge in [0.1, 0.15) is 23.7 Å². The highest BCUT2D eigenvalue weighted by Crippen LogP contribution is 2.39.